The molecule has 0 aliphatic rings. The summed E-state index contributed by atoms with van der Waals surface area (Å²) in [5.74, 6) is 0.167. The summed E-state index contributed by atoms with van der Waals surface area (Å²) in [6, 6.07) is 15.7. The molecule has 30 heavy (non-hydrogen) atoms. The molecule has 0 bridgehead atoms. The van der Waals surface area contributed by atoms with Gasteiger partial charge in [-0.25, -0.2) is 0 Å². The molecule has 4 nitrogen and oxygen atoms in total. The van der Waals surface area contributed by atoms with Crippen molar-refractivity contribution < 1.29 is 9.59 Å². The Bertz CT molecular complexity index is 856. The smallest absolute Gasteiger partial charge is 0.243 e. The molecule has 1 N–H and O–H groups in total. The molecular weight excluding hydrogens is 392 g/mol. The van der Waals surface area contributed by atoms with Gasteiger partial charge < -0.3 is 10.2 Å². The van der Waals surface area contributed by atoms with Gasteiger partial charge in [0.15, 0.2) is 0 Å². The van der Waals surface area contributed by atoms with Crippen molar-refractivity contribution in [3.8, 4) is 0 Å². The molecule has 0 fully saturated rings. The first-order valence-corrected chi connectivity index (χ1v) is 11.4. The van der Waals surface area contributed by atoms with Crippen LogP contribution in [0, 0.1) is 13.8 Å². The number of benzene rings is 2. The van der Waals surface area contributed by atoms with Gasteiger partial charge in [0.25, 0.3) is 0 Å². The Balaban J connectivity index is 2.24. The highest BCUT2D eigenvalue weighted by Crippen LogP contribution is 2.22. The van der Waals surface area contributed by atoms with Gasteiger partial charge in [0.05, 0.1) is 5.75 Å². The van der Waals surface area contributed by atoms with Crippen LogP contribution in [0.1, 0.15) is 50.8 Å². The van der Waals surface area contributed by atoms with Crippen LogP contribution in [0.25, 0.3) is 0 Å². The number of aryl methyl sites for hydroxylation is 2. The van der Waals surface area contributed by atoms with E-state index in [0.29, 0.717) is 18.7 Å². The zero-order valence-electron chi connectivity index (χ0n) is 19.0. The van der Waals surface area contributed by atoms with Crippen molar-refractivity contribution >= 4 is 23.6 Å². The lowest BCUT2D eigenvalue weighted by atomic mass is 10.0. The van der Waals surface area contributed by atoms with Gasteiger partial charge in [0, 0.05) is 17.0 Å². The summed E-state index contributed by atoms with van der Waals surface area (Å²) in [5.41, 5.74) is 3.02. The van der Waals surface area contributed by atoms with E-state index in [0.717, 1.165) is 16.0 Å². The Morgan fingerprint density at radius 3 is 2.23 bits per heavy atom. The fourth-order valence-electron chi connectivity index (χ4n) is 3.21. The Morgan fingerprint density at radius 2 is 1.67 bits per heavy atom. The summed E-state index contributed by atoms with van der Waals surface area (Å²) in [4.78, 5) is 29.1. The van der Waals surface area contributed by atoms with Crippen LogP contribution in [-0.4, -0.2) is 34.0 Å². The summed E-state index contributed by atoms with van der Waals surface area (Å²) in [6.45, 7) is 12.3. The second-order valence-corrected chi connectivity index (χ2v) is 9.76. The minimum Gasteiger partial charge on any atom is -0.350 e. The molecule has 2 amide bonds. The number of nitrogens with zero attached hydrogens (tertiary/aromatic N) is 1. The minimum atomic E-state index is -0.505. The quantitative estimate of drug-likeness (QED) is 0.596. The number of amides is 2. The van der Waals surface area contributed by atoms with Crippen molar-refractivity contribution in [2.24, 2.45) is 0 Å². The molecule has 2 aromatic rings. The predicted molar refractivity (Wildman–Crippen MR) is 126 cm³/mol. The highest BCUT2D eigenvalue weighted by molar-refractivity contribution is 8.00. The predicted octanol–water partition coefficient (Wildman–Crippen LogP) is 5.12. The molecule has 0 radical (unpaired) electrons. The number of rotatable bonds is 8. The molecule has 0 aliphatic heterocycles. The molecule has 1 unspecified atom stereocenters. The van der Waals surface area contributed by atoms with Gasteiger partial charge in [-0.2, -0.15) is 0 Å². The zero-order chi connectivity index (χ0) is 22.3. The number of carbonyl (C=O) groups is 2. The van der Waals surface area contributed by atoms with Crippen molar-refractivity contribution in [1.82, 2.24) is 10.2 Å². The van der Waals surface area contributed by atoms with Crippen molar-refractivity contribution in [2.45, 2.75) is 71.0 Å². The van der Waals surface area contributed by atoms with Gasteiger partial charge in [-0.05, 0) is 64.3 Å². The maximum atomic E-state index is 13.3. The van der Waals surface area contributed by atoms with E-state index in [1.807, 2.05) is 90.1 Å². The van der Waals surface area contributed by atoms with Crippen LogP contribution in [-0.2, 0) is 16.1 Å². The highest BCUT2D eigenvalue weighted by atomic mass is 32.2. The summed E-state index contributed by atoms with van der Waals surface area (Å²) in [7, 11) is 0. The Labute approximate surface area is 185 Å². The van der Waals surface area contributed by atoms with E-state index in [9.17, 15) is 9.59 Å². The van der Waals surface area contributed by atoms with Gasteiger partial charge in [-0.3, -0.25) is 9.59 Å². The molecule has 0 saturated carbocycles. The second kappa shape index (κ2) is 10.7. The summed E-state index contributed by atoms with van der Waals surface area (Å²) < 4.78 is 0. The Kier molecular flexibility index (Phi) is 8.54. The minimum absolute atomic E-state index is 0.0280. The summed E-state index contributed by atoms with van der Waals surface area (Å²) >= 11 is 1.51. The van der Waals surface area contributed by atoms with Crippen LogP contribution in [0.15, 0.2) is 53.4 Å². The SMILES string of the molecule is CCC(C(=O)NC(C)(C)C)N(Cc1ccccc1C)C(=O)CSc1ccc(C)cc1. The first-order valence-electron chi connectivity index (χ1n) is 10.5. The molecule has 0 aromatic heterocycles. The van der Waals surface area contributed by atoms with E-state index < -0.39 is 6.04 Å². The lowest BCUT2D eigenvalue weighted by Gasteiger charge is -2.33. The van der Waals surface area contributed by atoms with E-state index in [1.165, 1.54) is 17.3 Å². The second-order valence-electron chi connectivity index (χ2n) is 8.71. The third kappa shape index (κ3) is 7.21. The maximum Gasteiger partial charge on any atom is 0.243 e. The van der Waals surface area contributed by atoms with Gasteiger partial charge in [0.1, 0.15) is 6.04 Å². The van der Waals surface area contributed by atoms with Crippen LogP contribution in [0.4, 0.5) is 0 Å². The largest absolute Gasteiger partial charge is 0.350 e. The lowest BCUT2D eigenvalue weighted by Crippen LogP contribution is -2.53. The van der Waals surface area contributed by atoms with Gasteiger partial charge in [0.2, 0.25) is 11.8 Å². The van der Waals surface area contributed by atoms with E-state index in [2.05, 4.69) is 5.32 Å². The lowest BCUT2D eigenvalue weighted by molar-refractivity contribution is -0.140. The van der Waals surface area contributed by atoms with Crippen LogP contribution in [0.2, 0.25) is 0 Å². The van der Waals surface area contributed by atoms with E-state index in [4.69, 9.17) is 0 Å². The first kappa shape index (κ1) is 24.0. The number of carbonyl (C=O) groups excluding carboxylic acids is 2. The van der Waals surface area contributed by atoms with Crippen molar-refractivity contribution in [2.75, 3.05) is 5.75 Å². The average Bonchev–Trinajstić information content (AvgIpc) is 2.67. The number of thioether (sulfide) groups is 1. The number of hydrogen-bond acceptors (Lipinski definition) is 3. The molecular formula is C25H34N2O2S. The van der Waals surface area contributed by atoms with Crippen molar-refractivity contribution in [3.05, 3.63) is 65.2 Å². The van der Waals surface area contributed by atoms with E-state index in [-0.39, 0.29) is 17.4 Å². The van der Waals surface area contributed by atoms with E-state index >= 15 is 0 Å². The standard InChI is InChI=1S/C25H34N2O2S/c1-7-22(24(29)26-25(4,5)6)27(16-20-11-9-8-10-19(20)3)23(28)17-30-21-14-12-18(2)13-15-21/h8-15,22H,7,16-17H2,1-6H3,(H,26,29). The third-order valence-corrected chi connectivity index (χ3v) is 5.87. The number of nitrogens with one attached hydrogen (secondary N) is 1. The fourth-order valence-corrected chi connectivity index (χ4v) is 3.99. The fraction of sp³-hybridized carbons (Fsp3) is 0.440. The van der Waals surface area contributed by atoms with Gasteiger partial charge in [-0.1, -0.05) is 48.9 Å². The van der Waals surface area contributed by atoms with Crippen LogP contribution >= 0.6 is 11.8 Å². The molecule has 2 rings (SSSR count). The molecule has 1 atom stereocenters. The summed E-state index contributed by atoms with van der Waals surface area (Å²) in [5, 5.41) is 3.05. The van der Waals surface area contributed by atoms with Crippen molar-refractivity contribution in [3.63, 3.8) is 0 Å². The molecule has 2 aromatic carbocycles. The van der Waals surface area contributed by atoms with E-state index in [1.54, 1.807) is 4.90 Å². The summed E-state index contributed by atoms with van der Waals surface area (Å²) in [6.07, 6.45) is 0.564. The zero-order valence-corrected chi connectivity index (χ0v) is 19.8. The Morgan fingerprint density at radius 1 is 1.03 bits per heavy atom. The first-order chi connectivity index (χ1) is 14.1. The van der Waals surface area contributed by atoms with Crippen LogP contribution in [0.5, 0.6) is 0 Å². The third-order valence-electron chi connectivity index (χ3n) is 4.87. The average molecular weight is 427 g/mol. The highest BCUT2D eigenvalue weighted by Gasteiger charge is 2.30. The molecule has 162 valence electrons. The monoisotopic (exact) mass is 426 g/mol. The van der Waals surface area contributed by atoms with Gasteiger partial charge in [-0.15, -0.1) is 11.8 Å². The molecule has 0 saturated heterocycles. The van der Waals surface area contributed by atoms with Crippen molar-refractivity contribution in [1.29, 1.82) is 0 Å². The molecule has 0 aliphatic carbocycles. The molecule has 0 spiro atoms. The van der Waals surface area contributed by atoms with Crippen LogP contribution in [0.3, 0.4) is 0 Å². The molecule has 5 heteroatoms. The normalized spacial score (nSPS) is 12.3. The maximum absolute atomic E-state index is 13.3. The van der Waals surface area contributed by atoms with Gasteiger partial charge >= 0.3 is 0 Å². The molecule has 0 heterocycles. The topological polar surface area (TPSA) is 49.4 Å². The Hall–Kier alpha value is -2.27. The van der Waals surface area contributed by atoms with Crippen LogP contribution < -0.4 is 5.32 Å². The number of hydrogen-bond donors (Lipinski definition) is 1.